The van der Waals surface area contributed by atoms with Crippen molar-refractivity contribution >= 4 is 23.1 Å². The molecule has 4 nitrogen and oxygen atoms in total. The van der Waals surface area contributed by atoms with Gasteiger partial charge in [0, 0.05) is 23.5 Å². The van der Waals surface area contributed by atoms with Crippen molar-refractivity contribution < 1.29 is 4.74 Å². The van der Waals surface area contributed by atoms with Crippen LogP contribution < -0.4 is 10.1 Å². The summed E-state index contributed by atoms with van der Waals surface area (Å²) in [5.41, 5.74) is 1.82. The third-order valence-electron chi connectivity index (χ3n) is 2.27. The highest BCUT2D eigenvalue weighted by Crippen LogP contribution is 2.22. The number of hydrogen-bond acceptors (Lipinski definition) is 4. The maximum atomic E-state index is 5.75. The molecule has 0 unspecified atom stereocenters. The van der Waals surface area contributed by atoms with Crippen molar-refractivity contribution in [3.8, 4) is 5.75 Å². The second-order valence-corrected chi connectivity index (χ2v) is 3.87. The Morgan fingerprint density at radius 2 is 2.18 bits per heavy atom. The Morgan fingerprint density at radius 1 is 1.35 bits per heavy atom. The number of aryl methyl sites for hydroxylation is 1. The fourth-order valence-electron chi connectivity index (χ4n) is 1.38. The van der Waals surface area contributed by atoms with E-state index in [0.29, 0.717) is 5.82 Å². The Balaban J connectivity index is 2.27. The smallest absolute Gasteiger partial charge is 0.224 e. The van der Waals surface area contributed by atoms with Crippen molar-refractivity contribution in [2.24, 2.45) is 0 Å². The van der Waals surface area contributed by atoms with Crippen molar-refractivity contribution in [2.75, 3.05) is 12.4 Å². The van der Waals surface area contributed by atoms with Crippen LogP contribution >= 0.6 is 11.6 Å². The molecule has 0 saturated heterocycles. The Hall–Kier alpha value is -1.81. The minimum absolute atomic E-state index is 0.223. The van der Waals surface area contributed by atoms with Crippen molar-refractivity contribution in [3.05, 3.63) is 41.3 Å². The lowest BCUT2D eigenvalue weighted by Gasteiger charge is -2.09. The number of anilines is 2. The van der Waals surface area contributed by atoms with Gasteiger partial charge in [-0.1, -0.05) is 6.07 Å². The van der Waals surface area contributed by atoms with Crippen LogP contribution in [0, 0.1) is 6.92 Å². The second-order valence-electron chi connectivity index (χ2n) is 3.53. The van der Waals surface area contributed by atoms with Gasteiger partial charge in [-0.2, -0.15) is 0 Å². The van der Waals surface area contributed by atoms with Crippen LogP contribution in [0.5, 0.6) is 5.75 Å². The van der Waals surface area contributed by atoms with Crippen molar-refractivity contribution in [2.45, 2.75) is 6.92 Å². The molecule has 17 heavy (non-hydrogen) atoms. The first-order valence-corrected chi connectivity index (χ1v) is 5.47. The average Bonchev–Trinajstić information content (AvgIpc) is 2.34. The number of ether oxygens (including phenoxy) is 1. The lowest BCUT2D eigenvalue weighted by atomic mass is 10.3. The lowest BCUT2D eigenvalue weighted by Crippen LogP contribution is -1.98. The van der Waals surface area contributed by atoms with Gasteiger partial charge in [0.05, 0.1) is 7.11 Å². The lowest BCUT2D eigenvalue weighted by molar-refractivity contribution is 0.415. The molecule has 0 bridgehead atoms. The second kappa shape index (κ2) is 5.01. The van der Waals surface area contributed by atoms with Crippen molar-refractivity contribution in [1.29, 1.82) is 0 Å². The van der Waals surface area contributed by atoms with E-state index >= 15 is 0 Å². The monoisotopic (exact) mass is 249 g/mol. The molecule has 0 amide bonds. The first kappa shape index (κ1) is 11.7. The Kier molecular flexibility index (Phi) is 3.44. The zero-order valence-corrected chi connectivity index (χ0v) is 10.3. The maximum Gasteiger partial charge on any atom is 0.224 e. The third kappa shape index (κ3) is 2.85. The fraction of sp³-hybridized carbons (Fsp3) is 0.167. The van der Waals surface area contributed by atoms with Crippen LogP contribution in [0.15, 0.2) is 30.5 Å². The summed E-state index contributed by atoms with van der Waals surface area (Å²) in [6, 6.07) is 7.59. The van der Waals surface area contributed by atoms with Gasteiger partial charge >= 0.3 is 0 Å². The molecule has 5 heteroatoms. The zero-order valence-electron chi connectivity index (χ0n) is 9.57. The highest BCUT2D eigenvalue weighted by atomic mass is 35.5. The van der Waals surface area contributed by atoms with E-state index in [1.165, 1.54) is 0 Å². The standard InChI is InChI=1S/C12H12ClN3O/c1-8-7-14-12(13)16-11(8)15-9-4-3-5-10(6-9)17-2/h3-7H,1-2H3,(H,14,15,16). The van der Waals surface area contributed by atoms with Crippen LogP contribution in [-0.4, -0.2) is 17.1 Å². The van der Waals surface area contributed by atoms with Crippen LogP contribution in [-0.2, 0) is 0 Å². The van der Waals surface area contributed by atoms with Gasteiger partial charge in [-0.05, 0) is 30.7 Å². The van der Waals surface area contributed by atoms with E-state index in [4.69, 9.17) is 16.3 Å². The van der Waals surface area contributed by atoms with Gasteiger partial charge in [0.2, 0.25) is 5.28 Å². The summed E-state index contributed by atoms with van der Waals surface area (Å²) >= 11 is 5.75. The van der Waals surface area contributed by atoms with Gasteiger partial charge in [-0.15, -0.1) is 0 Å². The van der Waals surface area contributed by atoms with Gasteiger partial charge in [-0.25, -0.2) is 9.97 Å². The molecule has 0 radical (unpaired) electrons. The predicted octanol–water partition coefficient (Wildman–Crippen LogP) is 3.19. The van der Waals surface area contributed by atoms with Crippen molar-refractivity contribution in [3.63, 3.8) is 0 Å². The summed E-state index contributed by atoms with van der Waals surface area (Å²) in [5.74, 6) is 1.48. The topological polar surface area (TPSA) is 47.0 Å². The molecule has 1 heterocycles. The summed E-state index contributed by atoms with van der Waals surface area (Å²) in [6.45, 7) is 1.92. The minimum atomic E-state index is 0.223. The van der Waals surface area contributed by atoms with E-state index in [9.17, 15) is 0 Å². The molecule has 0 fully saturated rings. The number of halogens is 1. The van der Waals surface area contributed by atoms with E-state index in [2.05, 4.69) is 15.3 Å². The first-order valence-electron chi connectivity index (χ1n) is 5.09. The van der Waals surface area contributed by atoms with Gasteiger partial charge in [0.1, 0.15) is 11.6 Å². The summed E-state index contributed by atoms with van der Waals surface area (Å²) in [7, 11) is 1.63. The number of methoxy groups -OCH3 is 1. The Morgan fingerprint density at radius 3 is 2.94 bits per heavy atom. The quantitative estimate of drug-likeness (QED) is 0.849. The maximum absolute atomic E-state index is 5.75. The van der Waals surface area contributed by atoms with E-state index < -0.39 is 0 Å². The molecule has 0 spiro atoms. The molecule has 1 aromatic heterocycles. The van der Waals surface area contributed by atoms with E-state index in [1.54, 1.807) is 13.3 Å². The highest BCUT2D eigenvalue weighted by molar-refractivity contribution is 6.28. The molecule has 1 aromatic carbocycles. The van der Waals surface area contributed by atoms with Crippen LogP contribution in [0.1, 0.15) is 5.56 Å². The van der Waals surface area contributed by atoms with Crippen LogP contribution in [0.2, 0.25) is 5.28 Å². The Labute approximate surface area is 105 Å². The first-order chi connectivity index (χ1) is 8.19. The molecule has 1 N–H and O–H groups in total. The largest absolute Gasteiger partial charge is 0.497 e. The Bertz CT molecular complexity index is 531. The summed E-state index contributed by atoms with van der Waals surface area (Å²) < 4.78 is 5.15. The van der Waals surface area contributed by atoms with Gasteiger partial charge in [0.25, 0.3) is 0 Å². The van der Waals surface area contributed by atoms with Gasteiger partial charge in [0.15, 0.2) is 0 Å². The molecule has 0 atom stereocenters. The van der Waals surface area contributed by atoms with E-state index in [1.807, 2.05) is 31.2 Å². The average molecular weight is 250 g/mol. The molecule has 0 saturated carbocycles. The highest BCUT2D eigenvalue weighted by Gasteiger charge is 2.03. The summed E-state index contributed by atoms with van der Waals surface area (Å²) in [4.78, 5) is 8.03. The van der Waals surface area contributed by atoms with Crippen LogP contribution in [0.4, 0.5) is 11.5 Å². The molecule has 0 aliphatic rings. The molecular formula is C12H12ClN3O. The summed E-state index contributed by atoms with van der Waals surface area (Å²) in [6.07, 6.45) is 1.68. The summed E-state index contributed by atoms with van der Waals surface area (Å²) in [5, 5.41) is 3.40. The minimum Gasteiger partial charge on any atom is -0.497 e. The number of nitrogens with one attached hydrogen (secondary N) is 1. The predicted molar refractivity (Wildman–Crippen MR) is 68.1 cm³/mol. The number of hydrogen-bond donors (Lipinski definition) is 1. The van der Waals surface area contributed by atoms with Crippen LogP contribution in [0.3, 0.4) is 0 Å². The van der Waals surface area contributed by atoms with Gasteiger partial charge < -0.3 is 10.1 Å². The number of nitrogens with zero attached hydrogens (tertiary/aromatic N) is 2. The fourth-order valence-corrected chi connectivity index (χ4v) is 1.52. The molecule has 0 aliphatic carbocycles. The molecule has 0 aliphatic heterocycles. The normalized spacial score (nSPS) is 10.1. The third-order valence-corrected chi connectivity index (χ3v) is 2.46. The molecule has 2 aromatic rings. The zero-order chi connectivity index (χ0) is 12.3. The van der Waals surface area contributed by atoms with Crippen LogP contribution in [0.25, 0.3) is 0 Å². The number of benzene rings is 1. The molecule has 88 valence electrons. The number of aromatic nitrogens is 2. The van der Waals surface area contributed by atoms with Crippen molar-refractivity contribution in [1.82, 2.24) is 9.97 Å². The number of rotatable bonds is 3. The van der Waals surface area contributed by atoms with E-state index in [0.717, 1.165) is 17.0 Å². The molecule has 2 rings (SSSR count). The van der Waals surface area contributed by atoms with E-state index in [-0.39, 0.29) is 5.28 Å². The van der Waals surface area contributed by atoms with Gasteiger partial charge in [-0.3, -0.25) is 0 Å². The SMILES string of the molecule is COc1cccc(Nc2nc(Cl)ncc2C)c1. The molecular weight excluding hydrogens is 238 g/mol.